The van der Waals surface area contributed by atoms with E-state index in [1.54, 1.807) is 25.7 Å². The Hall–Kier alpha value is -2.38. The van der Waals surface area contributed by atoms with Crippen molar-refractivity contribution in [3.8, 4) is 5.75 Å². The second kappa shape index (κ2) is 7.02. The minimum Gasteiger partial charge on any atom is -0.490 e. The first-order valence-corrected chi connectivity index (χ1v) is 7.73. The molecule has 0 radical (unpaired) electrons. The highest BCUT2D eigenvalue weighted by Crippen LogP contribution is 2.25. The molecule has 0 aromatic heterocycles. The Morgan fingerprint density at radius 2 is 1.92 bits per heavy atom. The van der Waals surface area contributed by atoms with E-state index >= 15 is 0 Å². The quantitative estimate of drug-likeness (QED) is 0.621. The summed E-state index contributed by atoms with van der Waals surface area (Å²) < 4.78 is 24.4. The summed E-state index contributed by atoms with van der Waals surface area (Å²) in [5, 5.41) is 10.8. The molecular weight excluding hydrogens is 319 g/mol. The van der Waals surface area contributed by atoms with Crippen LogP contribution >= 0.6 is 0 Å². The van der Waals surface area contributed by atoms with E-state index in [2.05, 4.69) is 0 Å². The third-order valence-corrected chi connectivity index (χ3v) is 3.46. The second-order valence-corrected chi connectivity index (χ2v) is 6.69. The largest absolute Gasteiger partial charge is 0.490 e. The van der Waals surface area contributed by atoms with Crippen LogP contribution in [0.2, 0.25) is 0 Å². The first kappa shape index (κ1) is 18.0. The monoisotopic (exact) mass is 340 g/mol. The minimum atomic E-state index is -0.717. The predicted molar refractivity (Wildman–Crippen MR) is 84.5 cm³/mol. The molecule has 24 heavy (non-hydrogen) atoms. The summed E-state index contributed by atoms with van der Waals surface area (Å²) in [4.78, 5) is 23.7. The van der Waals surface area contributed by atoms with Crippen molar-refractivity contribution in [3.63, 3.8) is 0 Å². The molecule has 1 aliphatic rings. The van der Waals surface area contributed by atoms with Gasteiger partial charge in [0.15, 0.2) is 0 Å². The fraction of sp³-hybridized carbons (Fsp3) is 0.562. The van der Waals surface area contributed by atoms with Gasteiger partial charge in [-0.15, -0.1) is 0 Å². The van der Waals surface area contributed by atoms with Crippen molar-refractivity contribution in [3.05, 3.63) is 34.1 Å². The molecule has 132 valence electrons. The van der Waals surface area contributed by atoms with Crippen LogP contribution in [0.5, 0.6) is 5.75 Å². The number of nitro benzene ring substituents is 1. The number of halogens is 1. The van der Waals surface area contributed by atoms with Crippen LogP contribution in [-0.4, -0.2) is 40.7 Å². The Morgan fingerprint density at radius 3 is 2.46 bits per heavy atom. The number of nitrogens with zero attached hydrogens (tertiary/aromatic N) is 2. The summed E-state index contributed by atoms with van der Waals surface area (Å²) >= 11 is 0. The Bertz CT molecular complexity index is 621. The molecule has 0 saturated carbocycles. The van der Waals surface area contributed by atoms with Gasteiger partial charge in [-0.1, -0.05) is 0 Å². The van der Waals surface area contributed by atoms with Gasteiger partial charge < -0.3 is 14.4 Å². The number of benzene rings is 1. The summed E-state index contributed by atoms with van der Waals surface area (Å²) in [5.41, 5.74) is -0.901. The lowest BCUT2D eigenvalue weighted by molar-refractivity contribution is -0.385. The average Bonchev–Trinajstić information content (AvgIpc) is 2.45. The molecule has 0 bridgehead atoms. The van der Waals surface area contributed by atoms with E-state index < -0.39 is 16.3 Å². The maximum absolute atomic E-state index is 13.4. The van der Waals surface area contributed by atoms with E-state index in [0.29, 0.717) is 25.9 Å². The van der Waals surface area contributed by atoms with Crippen LogP contribution in [-0.2, 0) is 4.74 Å². The number of rotatable bonds is 3. The summed E-state index contributed by atoms with van der Waals surface area (Å²) in [7, 11) is 0. The van der Waals surface area contributed by atoms with Crippen LogP contribution in [0.3, 0.4) is 0 Å². The van der Waals surface area contributed by atoms with Gasteiger partial charge in [0.2, 0.25) is 0 Å². The van der Waals surface area contributed by atoms with Crippen molar-refractivity contribution in [2.24, 2.45) is 0 Å². The molecule has 0 atom stereocenters. The molecule has 1 heterocycles. The molecule has 1 aromatic carbocycles. The zero-order valence-electron chi connectivity index (χ0n) is 14.0. The van der Waals surface area contributed by atoms with Gasteiger partial charge in [0.1, 0.15) is 23.3 Å². The van der Waals surface area contributed by atoms with Crippen molar-refractivity contribution in [1.82, 2.24) is 4.90 Å². The number of non-ortho nitro benzene ring substituents is 1. The van der Waals surface area contributed by atoms with E-state index in [4.69, 9.17) is 9.47 Å². The standard InChI is InChI=1S/C16H21FN2O5/c1-16(2,3)24-15(20)18-6-4-13(5-7-18)23-14-9-11(17)8-12(10-14)19(21)22/h8-10,13H,4-7H2,1-3H3. The van der Waals surface area contributed by atoms with Gasteiger partial charge in [-0.25, -0.2) is 9.18 Å². The number of hydrogen-bond acceptors (Lipinski definition) is 5. The molecule has 7 nitrogen and oxygen atoms in total. The van der Waals surface area contributed by atoms with E-state index in [0.717, 1.165) is 12.1 Å². The lowest BCUT2D eigenvalue weighted by Gasteiger charge is -2.33. The fourth-order valence-corrected chi connectivity index (χ4v) is 2.40. The van der Waals surface area contributed by atoms with Gasteiger partial charge in [0.25, 0.3) is 5.69 Å². The number of ether oxygens (including phenoxy) is 2. The second-order valence-electron chi connectivity index (χ2n) is 6.69. The van der Waals surface area contributed by atoms with Crippen LogP contribution in [0.15, 0.2) is 18.2 Å². The number of piperidine rings is 1. The first-order chi connectivity index (χ1) is 11.1. The molecule has 1 amide bonds. The first-order valence-electron chi connectivity index (χ1n) is 7.73. The van der Waals surface area contributed by atoms with E-state index in [1.807, 2.05) is 0 Å². The summed E-state index contributed by atoms with van der Waals surface area (Å²) in [6, 6.07) is 3.16. The van der Waals surface area contributed by atoms with Crippen LogP contribution in [0, 0.1) is 15.9 Å². The summed E-state index contributed by atoms with van der Waals surface area (Å²) in [6.45, 7) is 6.32. The van der Waals surface area contributed by atoms with Crippen molar-refractivity contribution in [2.45, 2.75) is 45.3 Å². The predicted octanol–water partition coefficient (Wildman–Crippen LogP) is 3.51. The number of carbonyl (C=O) groups is 1. The maximum atomic E-state index is 13.4. The summed E-state index contributed by atoms with van der Waals surface area (Å²) in [6.07, 6.45) is 0.486. The number of nitro groups is 1. The number of likely N-dealkylation sites (tertiary alicyclic amines) is 1. The smallest absolute Gasteiger partial charge is 0.410 e. The topological polar surface area (TPSA) is 81.9 Å². The fourth-order valence-electron chi connectivity index (χ4n) is 2.40. The SMILES string of the molecule is CC(C)(C)OC(=O)N1CCC(Oc2cc(F)cc([N+](=O)[O-])c2)CC1. The molecule has 0 unspecified atom stereocenters. The van der Waals surface area contributed by atoms with Crippen molar-refractivity contribution in [2.75, 3.05) is 13.1 Å². The van der Waals surface area contributed by atoms with E-state index in [1.165, 1.54) is 6.07 Å². The molecule has 1 aliphatic heterocycles. The minimum absolute atomic E-state index is 0.123. The van der Waals surface area contributed by atoms with Crippen LogP contribution in [0.1, 0.15) is 33.6 Å². The Morgan fingerprint density at radius 1 is 1.29 bits per heavy atom. The van der Waals surface area contributed by atoms with Crippen molar-refractivity contribution in [1.29, 1.82) is 0 Å². The highest BCUT2D eigenvalue weighted by atomic mass is 19.1. The molecule has 2 rings (SSSR count). The van der Waals surface area contributed by atoms with Gasteiger partial charge in [-0.2, -0.15) is 0 Å². The van der Waals surface area contributed by atoms with Crippen LogP contribution in [0.25, 0.3) is 0 Å². The third kappa shape index (κ3) is 5.07. The Kier molecular flexibility index (Phi) is 5.26. The zero-order valence-corrected chi connectivity index (χ0v) is 14.0. The van der Waals surface area contributed by atoms with E-state index in [-0.39, 0.29) is 23.6 Å². The number of hydrogen-bond donors (Lipinski definition) is 0. The molecule has 8 heteroatoms. The maximum Gasteiger partial charge on any atom is 0.410 e. The van der Waals surface area contributed by atoms with Gasteiger partial charge in [-0.3, -0.25) is 10.1 Å². The molecular formula is C16H21FN2O5. The molecule has 0 spiro atoms. The molecule has 0 aliphatic carbocycles. The van der Waals surface area contributed by atoms with E-state index in [9.17, 15) is 19.3 Å². The van der Waals surface area contributed by atoms with Crippen molar-refractivity contribution >= 4 is 11.8 Å². The molecule has 1 aromatic rings. The normalized spacial score (nSPS) is 15.9. The molecule has 0 N–H and O–H groups in total. The van der Waals surface area contributed by atoms with Gasteiger partial charge >= 0.3 is 6.09 Å². The summed E-state index contributed by atoms with van der Waals surface area (Å²) in [5.74, 6) is -0.595. The van der Waals surface area contributed by atoms with Gasteiger partial charge in [0.05, 0.1) is 17.1 Å². The van der Waals surface area contributed by atoms with Crippen LogP contribution in [0.4, 0.5) is 14.9 Å². The highest BCUT2D eigenvalue weighted by molar-refractivity contribution is 5.68. The molecule has 1 saturated heterocycles. The number of carbonyl (C=O) groups excluding carboxylic acids is 1. The van der Waals surface area contributed by atoms with Gasteiger partial charge in [0, 0.05) is 32.0 Å². The molecule has 1 fully saturated rings. The number of amides is 1. The lowest BCUT2D eigenvalue weighted by atomic mass is 10.1. The lowest BCUT2D eigenvalue weighted by Crippen LogP contribution is -2.44. The Labute approximate surface area is 139 Å². The Balaban J connectivity index is 1.92. The van der Waals surface area contributed by atoms with Gasteiger partial charge in [-0.05, 0) is 20.8 Å². The average molecular weight is 340 g/mol. The zero-order chi connectivity index (χ0) is 17.9. The van der Waals surface area contributed by atoms with Crippen LogP contribution < -0.4 is 4.74 Å². The highest BCUT2D eigenvalue weighted by Gasteiger charge is 2.28. The third-order valence-electron chi connectivity index (χ3n) is 3.46. The van der Waals surface area contributed by atoms with Crippen molar-refractivity contribution < 1.29 is 23.6 Å².